The van der Waals surface area contributed by atoms with E-state index in [0.29, 0.717) is 10.6 Å². The lowest BCUT2D eigenvalue weighted by molar-refractivity contribution is -0.124. The van der Waals surface area contributed by atoms with Gasteiger partial charge < -0.3 is 5.32 Å². The molecule has 1 aromatic carbocycles. The lowest BCUT2D eigenvalue weighted by atomic mass is 9.93. The summed E-state index contributed by atoms with van der Waals surface area (Å²) in [7, 11) is -3.26. The molecule has 4 rings (SSSR count). The maximum Gasteiger partial charge on any atom is 0.231 e. The van der Waals surface area contributed by atoms with Crippen LogP contribution < -0.4 is 5.32 Å². The number of halogens is 1. The van der Waals surface area contributed by atoms with E-state index >= 15 is 0 Å². The number of amides is 1. The molecule has 2 atom stereocenters. The summed E-state index contributed by atoms with van der Waals surface area (Å²) in [6.45, 7) is 1.72. The van der Waals surface area contributed by atoms with E-state index in [1.165, 1.54) is 11.3 Å². The fourth-order valence-electron chi connectivity index (χ4n) is 3.55. The number of benzene rings is 1. The van der Waals surface area contributed by atoms with Crippen LogP contribution in [0.25, 0.3) is 0 Å². The second-order valence-corrected chi connectivity index (χ2v) is 11.3. The van der Waals surface area contributed by atoms with Gasteiger partial charge in [0.25, 0.3) is 0 Å². The van der Waals surface area contributed by atoms with Gasteiger partial charge in [-0.15, -0.1) is 11.3 Å². The van der Waals surface area contributed by atoms with E-state index in [4.69, 9.17) is 0 Å². The van der Waals surface area contributed by atoms with Crippen LogP contribution in [0.1, 0.15) is 43.4 Å². The van der Waals surface area contributed by atoms with Crippen molar-refractivity contribution in [3.05, 3.63) is 51.3 Å². The molecule has 1 amide bonds. The molecule has 2 heterocycles. The van der Waals surface area contributed by atoms with Crippen LogP contribution >= 0.6 is 27.3 Å². The molecule has 4 nitrogen and oxygen atoms in total. The van der Waals surface area contributed by atoms with Crippen LogP contribution in [-0.2, 0) is 20.0 Å². The number of carbonyl (C=O) groups excluding carboxylic acids is 1. The summed E-state index contributed by atoms with van der Waals surface area (Å²) < 4.78 is 26.3. The summed E-state index contributed by atoms with van der Waals surface area (Å²) in [5.74, 6) is -0.000696. The minimum absolute atomic E-state index is 0.000696. The Morgan fingerprint density at radius 1 is 1.32 bits per heavy atom. The second-order valence-electron chi connectivity index (χ2n) is 6.87. The lowest BCUT2D eigenvalue weighted by Crippen LogP contribution is -2.41. The second kappa shape index (κ2) is 5.93. The molecule has 0 unspecified atom stereocenters. The Kier molecular flexibility index (Phi) is 4.09. The molecule has 1 N–H and O–H groups in total. The zero-order valence-corrected chi connectivity index (χ0v) is 16.9. The molecule has 1 fully saturated rings. The summed E-state index contributed by atoms with van der Waals surface area (Å²) in [5.41, 5.74) is 1.28. The monoisotopic (exact) mass is 439 g/mol. The van der Waals surface area contributed by atoms with Gasteiger partial charge in [-0.05, 0) is 55.3 Å². The van der Waals surface area contributed by atoms with Crippen molar-refractivity contribution < 1.29 is 13.2 Å². The van der Waals surface area contributed by atoms with E-state index in [1.807, 2.05) is 30.3 Å². The minimum Gasteiger partial charge on any atom is -0.348 e. The summed E-state index contributed by atoms with van der Waals surface area (Å²) in [4.78, 5) is 13.0. The van der Waals surface area contributed by atoms with Crippen LogP contribution in [0.2, 0.25) is 0 Å². The fraction of sp³-hybridized carbons (Fsp3) is 0.389. The first-order valence-corrected chi connectivity index (χ1v) is 11.4. The van der Waals surface area contributed by atoms with Crippen LogP contribution in [0.3, 0.4) is 0 Å². The van der Waals surface area contributed by atoms with Gasteiger partial charge in [-0.2, -0.15) is 0 Å². The van der Waals surface area contributed by atoms with E-state index in [-0.39, 0.29) is 11.9 Å². The van der Waals surface area contributed by atoms with Gasteiger partial charge in [0.05, 0.1) is 16.7 Å². The van der Waals surface area contributed by atoms with E-state index in [0.717, 1.165) is 28.4 Å². The average Bonchev–Trinajstić information content (AvgIpc) is 3.22. The molecule has 2 aromatic rings. The Bertz CT molecular complexity index is 947. The molecule has 0 spiro atoms. The first-order valence-electron chi connectivity index (χ1n) is 8.23. The smallest absolute Gasteiger partial charge is 0.231 e. The highest BCUT2D eigenvalue weighted by atomic mass is 79.9. The third-order valence-electron chi connectivity index (χ3n) is 5.26. The predicted molar refractivity (Wildman–Crippen MR) is 102 cm³/mol. The zero-order chi connectivity index (χ0) is 17.8. The molecule has 25 heavy (non-hydrogen) atoms. The largest absolute Gasteiger partial charge is 0.348 e. The van der Waals surface area contributed by atoms with Crippen molar-refractivity contribution in [1.29, 1.82) is 0 Å². The highest BCUT2D eigenvalue weighted by Gasteiger charge is 2.52. The molecule has 7 heteroatoms. The van der Waals surface area contributed by atoms with Crippen molar-refractivity contribution in [1.82, 2.24) is 5.32 Å². The van der Waals surface area contributed by atoms with Gasteiger partial charge in [-0.3, -0.25) is 4.79 Å². The van der Waals surface area contributed by atoms with Crippen LogP contribution in [0.15, 0.2) is 44.4 Å². The molecule has 2 aliphatic rings. The van der Waals surface area contributed by atoms with Crippen molar-refractivity contribution in [2.75, 3.05) is 0 Å². The maximum atomic E-state index is 13.0. The Balaban J connectivity index is 1.62. The maximum absolute atomic E-state index is 13.0. The van der Waals surface area contributed by atoms with E-state index in [1.54, 1.807) is 12.3 Å². The molecule has 0 saturated heterocycles. The number of fused-ring (bicyclic) bond motifs is 1. The Morgan fingerprint density at radius 2 is 2.08 bits per heavy atom. The van der Waals surface area contributed by atoms with Crippen molar-refractivity contribution >= 4 is 43.0 Å². The van der Waals surface area contributed by atoms with E-state index < -0.39 is 20.5 Å². The molecule has 0 radical (unpaired) electrons. The Hall–Kier alpha value is -1.18. The molecule has 132 valence electrons. The van der Waals surface area contributed by atoms with Crippen molar-refractivity contribution in [2.45, 2.75) is 47.1 Å². The van der Waals surface area contributed by atoms with Crippen LogP contribution in [0.5, 0.6) is 0 Å². The molecule has 1 saturated carbocycles. The number of carbonyl (C=O) groups is 1. The van der Waals surface area contributed by atoms with Crippen molar-refractivity contribution in [3.63, 3.8) is 0 Å². The number of thiophene rings is 1. The van der Waals surface area contributed by atoms with Crippen molar-refractivity contribution in [3.8, 4) is 0 Å². The number of nitrogens with one attached hydrogen (secondary N) is 1. The van der Waals surface area contributed by atoms with Gasteiger partial charge in [0.2, 0.25) is 5.91 Å². The van der Waals surface area contributed by atoms with Gasteiger partial charge in [0.15, 0.2) is 9.84 Å². The summed E-state index contributed by atoms with van der Waals surface area (Å²) in [6, 6.07) is 9.46. The highest BCUT2D eigenvalue weighted by molar-refractivity contribution is 9.10. The summed E-state index contributed by atoms with van der Waals surface area (Å²) in [6.07, 6.45) is 2.07. The molecule has 1 aliphatic carbocycles. The summed E-state index contributed by atoms with van der Waals surface area (Å²) in [5, 5.41) is 4.45. The number of hydrogen-bond donors (Lipinski definition) is 1. The lowest BCUT2D eigenvalue weighted by Gasteiger charge is -2.29. The topological polar surface area (TPSA) is 63.2 Å². The fourth-order valence-corrected chi connectivity index (χ4v) is 7.18. The van der Waals surface area contributed by atoms with Crippen LogP contribution in [0, 0.1) is 0 Å². The Labute approximate surface area is 159 Å². The molecular weight excluding hydrogens is 422 g/mol. The van der Waals surface area contributed by atoms with E-state index in [9.17, 15) is 13.2 Å². The van der Waals surface area contributed by atoms with Gasteiger partial charge in [0, 0.05) is 10.0 Å². The van der Waals surface area contributed by atoms with Gasteiger partial charge >= 0.3 is 0 Å². The minimum atomic E-state index is -3.26. The van der Waals surface area contributed by atoms with Crippen molar-refractivity contribution in [2.24, 2.45) is 0 Å². The predicted octanol–water partition coefficient (Wildman–Crippen LogP) is 3.97. The van der Waals surface area contributed by atoms with Gasteiger partial charge in [-0.25, -0.2) is 8.42 Å². The van der Waals surface area contributed by atoms with E-state index in [2.05, 4.69) is 21.2 Å². The van der Waals surface area contributed by atoms with Crippen LogP contribution in [-0.4, -0.2) is 19.6 Å². The summed E-state index contributed by atoms with van der Waals surface area (Å²) >= 11 is 4.71. The quantitative estimate of drug-likeness (QED) is 0.786. The molecule has 1 aromatic heterocycles. The number of sulfone groups is 1. The number of rotatable bonds is 3. The average molecular weight is 440 g/mol. The third-order valence-corrected chi connectivity index (χ3v) is 9.46. The first kappa shape index (κ1) is 17.2. The molecule has 0 bridgehead atoms. The molecule has 1 aliphatic heterocycles. The highest BCUT2D eigenvalue weighted by Crippen LogP contribution is 2.50. The molecular formula is C18H18BrNO3S2. The number of hydrogen-bond acceptors (Lipinski definition) is 4. The Morgan fingerprint density at radius 3 is 2.76 bits per heavy atom. The standard InChI is InChI=1S/C18H18BrNO3S2/c1-11-9-15(14-5-8-24-16(14)25(11,22)23)20-17(21)18(6-7-18)12-3-2-4-13(19)10-12/h2-5,8,10-11,15H,6-7,9H2,1H3,(H,20,21)/t11-,15-/m0/s1. The van der Waals surface area contributed by atoms with Crippen LogP contribution in [0.4, 0.5) is 0 Å². The first-order chi connectivity index (χ1) is 11.8. The van der Waals surface area contributed by atoms with Gasteiger partial charge in [-0.1, -0.05) is 28.1 Å². The zero-order valence-electron chi connectivity index (χ0n) is 13.7. The SMILES string of the molecule is C[C@H]1C[C@H](NC(=O)C2(c3cccc(Br)c3)CC2)c2ccsc2S1(=O)=O. The normalized spacial score (nSPS) is 25.8. The third kappa shape index (κ3) is 2.76. The van der Waals surface area contributed by atoms with Gasteiger partial charge in [0.1, 0.15) is 4.21 Å².